The van der Waals surface area contributed by atoms with E-state index in [1.807, 2.05) is 55.5 Å². The average molecular weight is 326 g/mol. The average Bonchev–Trinajstić information content (AvgIpc) is 2.59. The molecule has 0 atom stereocenters. The molecule has 0 bridgehead atoms. The number of nitrogens with one attached hydrogen (secondary N) is 1. The maximum atomic E-state index is 6.01. The van der Waals surface area contributed by atoms with Crippen molar-refractivity contribution >= 4 is 33.9 Å². The van der Waals surface area contributed by atoms with Gasteiger partial charge in [0, 0.05) is 22.2 Å². The van der Waals surface area contributed by atoms with E-state index in [2.05, 4.69) is 15.5 Å². The number of pyridine rings is 1. The highest BCUT2D eigenvalue weighted by Crippen LogP contribution is 2.24. The molecule has 116 valence electrons. The Morgan fingerprint density at radius 1 is 1.17 bits per heavy atom. The second-order valence-electron chi connectivity index (χ2n) is 5.06. The fraction of sp³-hybridized carbons (Fsp3) is 0.111. The predicted octanol–water partition coefficient (Wildman–Crippen LogP) is 4.73. The summed E-state index contributed by atoms with van der Waals surface area (Å²) in [6.45, 7) is 1.95. The highest BCUT2D eigenvalue weighted by atomic mass is 35.5. The van der Waals surface area contributed by atoms with Gasteiger partial charge in [0.15, 0.2) is 0 Å². The summed E-state index contributed by atoms with van der Waals surface area (Å²) in [6.07, 6.45) is 1.73. The van der Waals surface area contributed by atoms with Crippen molar-refractivity contribution in [1.82, 2.24) is 4.98 Å². The van der Waals surface area contributed by atoms with Gasteiger partial charge in [-0.3, -0.25) is 10.4 Å². The number of fused-ring (bicyclic) bond motifs is 1. The summed E-state index contributed by atoms with van der Waals surface area (Å²) in [4.78, 5) is 4.32. The molecule has 0 fully saturated rings. The number of hydrazone groups is 1. The molecule has 5 heteroatoms. The Balaban J connectivity index is 1.90. The molecule has 0 aliphatic carbocycles. The van der Waals surface area contributed by atoms with E-state index in [9.17, 15) is 0 Å². The van der Waals surface area contributed by atoms with E-state index in [1.54, 1.807) is 13.3 Å². The smallest absolute Gasteiger partial charge is 0.119 e. The molecule has 3 aromatic rings. The third-order valence-electron chi connectivity index (χ3n) is 3.54. The Morgan fingerprint density at radius 2 is 2.04 bits per heavy atom. The maximum absolute atomic E-state index is 6.01. The van der Waals surface area contributed by atoms with Gasteiger partial charge in [0.1, 0.15) is 5.75 Å². The number of aromatic nitrogens is 1. The van der Waals surface area contributed by atoms with Gasteiger partial charge in [0.05, 0.1) is 24.0 Å². The minimum Gasteiger partial charge on any atom is -0.497 e. The third kappa shape index (κ3) is 3.43. The summed E-state index contributed by atoms with van der Waals surface area (Å²) in [6, 6.07) is 15.3. The summed E-state index contributed by atoms with van der Waals surface area (Å²) >= 11 is 6.01. The summed E-state index contributed by atoms with van der Waals surface area (Å²) < 4.78 is 5.24. The Morgan fingerprint density at radius 3 is 2.87 bits per heavy atom. The lowest BCUT2D eigenvalue weighted by molar-refractivity contribution is 0.414. The largest absolute Gasteiger partial charge is 0.497 e. The summed E-state index contributed by atoms with van der Waals surface area (Å²) in [5.41, 5.74) is 6.68. The van der Waals surface area contributed by atoms with E-state index in [1.165, 1.54) is 0 Å². The lowest BCUT2D eigenvalue weighted by atomic mass is 10.1. The van der Waals surface area contributed by atoms with Crippen LogP contribution in [-0.2, 0) is 0 Å². The third-order valence-corrected chi connectivity index (χ3v) is 3.77. The molecule has 0 aliphatic heterocycles. The molecule has 0 unspecified atom stereocenters. The van der Waals surface area contributed by atoms with E-state index in [0.717, 1.165) is 33.6 Å². The first-order valence-corrected chi connectivity index (χ1v) is 7.54. The van der Waals surface area contributed by atoms with E-state index < -0.39 is 0 Å². The monoisotopic (exact) mass is 325 g/mol. The van der Waals surface area contributed by atoms with Crippen LogP contribution in [-0.4, -0.2) is 17.8 Å². The van der Waals surface area contributed by atoms with Gasteiger partial charge in [-0.2, -0.15) is 5.10 Å². The molecular formula is C18H16ClN3O. The number of anilines is 1. The zero-order chi connectivity index (χ0) is 16.2. The highest BCUT2D eigenvalue weighted by Gasteiger charge is 2.03. The van der Waals surface area contributed by atoms with Gasteiger partial charge >= 0.3 is 0 Å². The van der Waals surface area contributed by atoms with Gasteiger partial charge in [-0.1, -0.05) is 23.7 Å². The van der Waals surface area contributed by atoms with Crippen LogP contribution in [0.5, 0.6) is 5.75 Å². The topological polar surface area (TPSA) is 46.5 Å². The number of methoxy groups -OCH3 is 1. The lowest BCUT2D eigenvalue weighted by Gasteiger charge is -2.08. The minimum absolute atomic E-state index is 0.665. The Kier molecular flexibility index (Phi) is 4.44. The SMILES string of the molecule is COc1cccc(/C(C)=N/Nc2ccnc3cc(Cl)ccc23)c1. The highest BCUT2D eigenvalue weighted by molar-refractivity contribution is 6.31. The van der Waals surface area contributed by atoms with Gasteiger partial charge < -0.3 is 4.74 Å². The number of hydrogen-bond acceptors (Lipinski definition) is 4. The number of nitrogens with zero attached hydrogens (tertiary/aromatic N) is 2. The van der Waals surface area contributed by atoms with Crippen LogP contribution < -0.4 is 10.2 Å². The molecule has 0 spiro atoms. The number of rotatable bonds is 4. The fourth-order valence-corrected chi connectivity index (χ4v) is 2.44. The maximum Gasteiger partial charge on any atom is 0.119 e. The predicted molar refractivity (Wildman–Crippen MR) is 95.6 cm³/mol. The van der Waals surface area contributed by atoms with Crippen LogP contribution >= 0.6 is 11.6 Å². The molecule has 0 radical (unpaired) electrons. The molecule has 23 heavy (non-hydrogen) atoms. The van der Waals surface area contributed by atoms with Crippen LogP contribution in [0.4, 0.5) is 5.69 Å². The van der Waals surface area contributed by atoms with Crippen LogP contribution in [0.1, 0.15) is 12.5 Å². The molecular weight excluding hydrogens is 310 g/mol. The van der Waals surface area contributed by atoms with Crippen molar-refractivity contribution in [2.45, 2.75) is 6.92 Å². The molecule has 1 heterocycles. The van der Waals surface area contributed by atoms with E-state index in [-0.39, 0.29) is 0 Å². The van der Waals surface area contributed by atoms with Gasteiger partial charge in [-0.25, -0.2) is 0 Å². The fourth-order valence-electron chi connectivity index (χ4n) is 2.28. The van der Waals surface area contributed by atoms with E-state index in [4.69, 9.17) is 16.3 Å². The molecule has 0 amide bonds. The molecule has 0 saturated heterocycles. The summed E-state index contributed by atoms with van der Waals surface area (Å²) in [5.74, 6) is 0.807. The Bertz CT molecular complexity index is 877. The molecule has 0 saturated carbocycles. The summed E-state index contributed by atoms with van der Waals surface area (Å²) in [7, 11) is 1.65. The van der Waals surface area contributed by atoms with Gasteiger partial charge in [-0.15, -0.1) is 0 Å². The Labute approximate surface area is 139 Å². The van der Waals surface area contributed by atoms with Crippen molar-refractivity contribution in [2.24, 2.45) is 5.10 Å². The van der Waals surface area contributed by atoms with Crippen LogP contribution in [0.2, 0.25) is 5.02 Å². The van der Waals surface area contributed by atoms with Crippen molar-refractivity contribution < 1.29 is 4.74 Å². The molecule has 3 rings (SSSR count). The molecule has 0 aliphatic rings. The molecule has 4 nitrogen and oxygen atoms in total. The first-order valence-electron chi connectivity index (χ1n) is 7.16. The number of ether oxygens (including phenoxy) is 1. The first kappa shape index (κ1) is 15.3. The first-order chi connectivity index (χ1) is 11.2. The number of hydrogen-bond donors (Lipinski definition) is 1. The quantitative estimate of drug-likeness (QED) is 0.557. The second kappa shape index (κ2) is 6.67. The normalized spacial score (nSPS) is 11.5. The van der Waals surface area contributed by atoms with Crippen molar-refractivity contribution in [3.8, 4) is 5.75 Å². The van der Waals surface area contributed by atoms with Gasteiger partial charge in [-0.05, 0) is 43.3 Å². The Hall–Kier alpha value is -2.59. The number of halogens is 1. The van der Waals surface area contributed by atoms with Gasteiger partial charge in [0.25, 0.3) is 0 Å². The minimum atomic E-state index is 0.665. The zero-order valence-corrected chi connectivity index (χ0v) is 13.6. The molecule has 1 aromatic heterocycles. The van der Waals surface area contributed by atoms with E-state index in [0.29, 0.717) is 5.02 Å². The molecule has 1 N–H and O–H groups in total. The van der Waals surface area contributed by atoms with Crippen LogP contribution in [0.3, 0.4) is 0 Å². The van der Waals surface area contributed by atoms with Crippen LogP contribution in [0, 0.1) is 0 Å². The molecule has 2 aromatic carbocycles. The van der Waals surface area contributed by atoms with Crippen molar-refractivity contribution in [3.63, 3.8) is 0 Å². The van der Waals surface area contributed by atoms with Crippen molar-refractivity contribution in [3.05, 3.63) is 65.3 Å². The lowest BCUT2D eigenvalue weighted by Crippen LogP contribution is -2.00. The van der Waals surface area contributed by atoms with Crippen LogP contribution in [0.25, 0.3) is 10.9 Å². The number of benzene rings is 2. The van der Waals surface area contributed by atoms with E-state index >= 15 is 0 Å². The zero-order valence-electron chi connectivity index (χ0n) is 12.9. The van der Waals surface area contributed by atoms with Gasteiger partial charge in [0.2, 0.25) is 0 Å². The van der Waals surface area contributed by atoms with Crippen molar-refractivity contribution in [1.29, 1.82) is 0 Å². The second-order valence-corrected chi connectivity index (χ2v) is 5.50. The van der Waals surface area contributed by atoms with Crippen molar-refractivity contribution in [2.75, 3.05) is 12.5 Å². The summed E-state index contributed by atoms with van der Waals surface area (Å²) in [5, 5.41) is 6.10. The standard InChI is InChI=1S/C18H16ClN3O/c1-12(13-4-3-5-15(10-13)23-2)21-22-17-8-9-20-18-11-14(19)6-7-16(17)18/h3-11H,1-2H3,(H,20,22)/b21-12+. The van der Waals surface area contributed by atoms with Crippen LogP contribution in [0.15, 0.2) is 59.8 Å².